The molecule has 0 heterocycles. The smallest absolute Gasteiger partial charge is 0.221 e. The summed E-state index contributed by atoms with van der Waals surface area (Å²) < 4.78 is 13.6. The number of aryl methyl sites for hydroxylation is 1. The van der Waals surface area contributed by atoms with Crippen molar-refractivity contribution >= 4 is 17.3 Å². The zero-order chi connectivity index (χ0) is 15.4. The minimum Gasteiger partial charge on any atom is -0.379 e. The van der Waals surface area contributed by atoms with E-state index in [9.17, 15) is 9.18 Å². The second kappa shape index (κ2) is 6.39. The second-order valence-electron chi connectivity index (χ2n) is 5.13. The van der Waals surface area contributed by atoms with Gasteiger partial charge in [0.15, 0.2) is 0 Å². The zero-order valence-electron chi connectivity index (χ0n) is 12.4. The summed E-state index contributed by atoms with van der Waals surface area (Å²) in [5.41, 5.74) is 3.20. The molecule has 0 aliphatic rings. The average Bonchev–Trinajstić information content (AvgIpc) is 2.43. The van der Waals surface area contributed by atoms with Gasteiger partial charge in [-0.2, -0.15) is 0 Å². The zero-order valence-corrected chi connectivity index (χ0v) is 12.4. The molecule has 0 aromatic heterocycles. The van der Waals surface area contributed by atoms with E-state index in [1.165, 1.54) is 6.92 Å². The molecule has 1 atom stereocenters. The van der Waals surface area contributed by atoms with Crippen LogP contribution in [0.3, 0.4) is 0 Å². The van der Waals surface area contributed by atoms with Crippen LogP contribution in [0, 0.1) is 12.7 Å². The Kier molecular flexibility index (Phi) is 4.58. The van der Waals surface area contributed by atoms with Gasteiger partial charge in [0, 0.05) is 24.3 Å². The molecule has 4 heteroatoms. The first-order chi connectivity index (χ1) is 9.95. The molecule has 21 heavy (non-hydrogen) atoms. The highest BCUT2D eigenvalue weighted by Crippen LogP contribution is 2.22. The molecule has 0 bridgehead atoms. The molecule has 0 fully saturated rings. The summed E-state index contributed by atoms with van der Waals surface area (Å²) in [5.74, 6) is -0.290. The summed E-state index contributed by atoms with van der Waals surface area (Å²) in [5, 5.41) is 6.02. The fourth-order valence-corrected chi connectivity index (χ4v) is 2.06. The predicted molar refractivity (Wildman–Crippen MR) is 83.9 cm³/mol. The van der Waals surface area contributed by atoms with Crippen molar-refractivity contribution in [1.82, 2.24) is 0 Å². The van der Waals surface area contributed by atoms with E-state index in [2.05, 4.69) is 10.6 Å². The van der Waals surface area contributed by atoms with E-state index in [1.807, 2.05) is 37.3 Å². The van der Waals surface area contributed by atoms with Crippen LogP contribution < -0.4 is 10.6 Å². The van der Waals surface area contributed by atoms with Crippen molar-refractivity contribution in [3.05, 3.63) is 59.4 Å². The third-order valence-corrected chi connectivity index (χ3v) is 3.28. The highest BCUT2D eigenvalue weighted by atomic mass is 19.1. The van der Waals surface area contributed by atoms with Gasteiger partial charge in [0.2, 0.25) is 5.91 Å². The molecule has 0 spiro atoms. The molecule has 2 aromatic rings. The number of benzene rings is 2. The van der Waals surface area contributed by atoms with E-state index in [-0.39, 0.29) is 17.8 Å². The number of halogens is 1. The topological polar surface area (TPSA) is 41.1 Å². The van der Waals surface area contributed by atoms with Crippen LogP contribution in [0.5, 0.6) is 0 Å². The Hall–Kier alpha value is -2.36. The quantitative estimate of drug-likeness (QED) is 0.881. The first-order valence-electron chi connectivity index (χ1n) is 6.86. The van der Waals surface area contributed by atoms with Gasteiger partial charge in [-0.3, -0.25) is 4.79 Å². The van der Waals surface area contributed by atoms with E-state index in [0.717, 1.165) is 16.9 Å². The highest BCUT2D eigenvalue weighted by Gasteiger charge is 2.08. The lowest BCUT2D eigenvalue weighted by atomic mass is 10.1. The van der Waals surface area contributed by atoms with Crippen molar-refractivity contribution in [2.75, 3.05) is 10.6 Å². The monoisotopic (exact) mass is 286 g/mol. The molecule has 0 saturated heterocycles. The number of amides is 1. The summed E-state index contributed by atoms with van der Waals surface area (Å²) in [7, 11) is 0. The Balaban J connectivity index is 2.06. The van der Waals surface area contributed by atoms with Gasteiger partial charge in [-0.1, -0.05) is 12.1 Å². The molecule has 0 aliphatic carbocycles. The van der Waals surface area contributed by atoms with Crippen molar-refractivity contribution in [2.24, 2.45) is 0 Å². The molecule has 1 amide bonds. The predicted octanol–water partition coefficient (Wildman–Crippen LogP) is 4.27. The summed E-state index contributed by atoms with van der Waals surface area (Å²) in [4.78, 5) is 11.0. The van der Waals surface area contributed by atoms with Crippen molar-refractivity contribution in [3.63, 3.8) is 0 Å². The van der Waals surface area contributed by atoms with Crippen molar-refractivity contribution in [1.29, 1.82) is 0 Å². The molecule has 3 nitrogen and oxygen atoms in total. The van der Waals surface area contributed by atoms with Crippen LogP contribution in [0.1, 0.15) is 31.0 Å². The lowest BCUT2D eigenvalue weighted by Gasteiger charge is -2.16. The molecule has 110 valence electrons. The third kappa shape index (κ3) is 4.05. The normalized spacial score (nSPS) is 11.8. The van der Waals surface area contributed by atoms with Gasteiger partial charge in [0.25, 0.3) is 0 Å². The first kappa shape index (κ1) is 15.0. The molecule has 2 N–H and O–H groups in total. The fourth-order valence-electron chi connectivity index (χ4n) is 2.06. The largest absolute Gasteiger partial charge is 0.379 e. The van der Waals surface area contributed by atoms with Crippen LogP contribution in [0.2, 0.25) is 0 Å². The van der Waals surface area contributed by atoms with Gasteiger partial charge >= 0.3 is 0 Å². The van der Waals surface area contributed by atoms with Crippen LogP contribution in [0.25, 0.3) is 0 Å². The van der Waals surface area contributed by atoms with Gasteiger partial charge in [0.1, 0.15) is 5.82 Å². The minimum atomic E-state index is -0.192. The maximum atomic E-state index is 13.6. The Morgan fingerprint density at radius 2 is 1.71 bits per heavy atom. The lowest BCUT2D eigenvalue weighted by Crippen LogP contribution is -2.08. The Morgan fingerprint density at radius 3 is 2.29 bits per heavy atom. The van der Waals surface area contributed by atoms with Gasteiger partial charge in [-0.25, -0.2) is 4.39 Å². The van der Waals surface area contributed by atoms with Crippen LogP contribution in [0.15, 0.2) is 42.5 Å². The van der Waals surface area contributed by atoms with E-state index in [0.29, 0.717) is 5.56 Å². The van der Waals surface area contributed by atoms with Gasteiger partial charge in [0.05, 0.1) is 0 Å². The van der Waals surface area contributed by atoms with Crippen LogP contribution in [0.4, 0.5) is 15.8 Å². The summed E-state index contributed by atoms with van der Waals surface area (Å²) in [6.07, 6.45) is 0. The van der Waals surface area contributed by atoms with Gasteiger partial charge < -0.3 is 10.6 Å². The Labute approximate surface area is 124 Å². The van der Waals surface area contributed by atoms with E-state index in [4.69, 9.17) is 0 Å². The minimum absolute atomic E-state index is 0.00767. The number of hydrogen-bond acceptors (Lipinski definition) is 2. The fraction of sp³-hybridized carbons (Fsp3) is 0.235. The standard InChI is InChI=1S/C17H19FN2O/c1-11-4-5-14(10-17(11)18)12(2)19-15-6-8-16(9-7-15)20-13(3)21/h4-10,12,19H,1-3H3,(H,20,21). The maximum Gasteiger partial charge on any atom is 0.221 e. The molecule has 2 aromatic carbocycles. The number of hydrogen-bond donors (Lipinski definition) is 2. The first-order valence-corrected chi connectivity index (χ1v) is 6.86. The summed E-state index contributed by atoms with van der Waals surface area (Å²) in [6, 6.07) is 12.7. The molecule has 0 saturated carbocycles. The van der Waals surface area contributed by atoms with E-state index in [1.54, 1.807) is 19.1 Å². The lowest BCUT2D eigenvalue weighted by molar-refractivity contribution is -0.114. The number of anilines is 2. The molecule has 2 rings (SSSR count). The third-order valence-electron chi connectivity index (χ3n) is 3.28. The molecular formula is C17H19FN2O. The average molecular weight is 286 g/mol. The number of nitrogens with one attached hydrogen (secondary N) is 2. The maximum absolute atomic E-state index is 13.6. The van der Waals surface area contributed by atoms with E-state index >= 15 is 0 Å². The van der Waals surface area contributed by atoms with Crippen molar-refractivity contribution < 1.29 is 9.18 Å². The second-order valence-corrected chi connectivity index (χ2v) is 5.13. The molecule has 0 aliphatic heterocycles. The molecule has 1 unspecified atom stereocenters. The van der Waals surface area contributed by atoms with Crippen molar-refractivity contribution in [3.8, 4) is 0 Å². The van der Waals surface area contributed by atoms with Gasteiger partial charge in [-0.05, 0) is 55.3 Å². The van der Waals surface area contributed by atoms with Gasteiger partial charge in [-0.15, -0.1) is 0 Å². The molecular weight excluding hydrogens is 267 g/mol. The summed E-state index contributed by atoms with van der Waals surface area (Å²) in [6.45, 7) is 5.20. The molecule has 0 radical (unpaired) electrons. The number of carbonyl (C=O) groups excluding carboxylic acids is 1. The Bertz CT molecular complexity index is 638. The van der Waals surface area contributed by atoms with Crippen LogP contribution in [-0.2, 0) is 4.79 Å². The van der Waals surface area contributed by atoms with Crippen LogP contribution >= 0.6 is 0 Å². The number of rotatable bonds is 4. The highest BCUT2D eigenvalue weighted by molar-refractivity contribution is 5.88. The van der Waals surface area contributed by atoms with E-state index < -0.39 is 0 Å². The Morgan fingerprint density at radius 1 is 1.10 bits per heavy atom. The van der Waals surface area contributed by atoms with Crippen LogP contribution in [-0.4, -0.2) is 5.91 Å². The summed E-state index contributed by atoms with van der Waals surface area (Å²) >= 11 is 0. The van der Waals surface area contributed by atoms with Crippen molar-refractivity contribution in [2.45, 2.75) is 26.8 Å². The number of carbonyl (C=O) groups is 1. The SMILES string of the molecule is CC(=O)Nc1ccc(NC(C)c2ccc(C)c(F)c2)cc1.